The Bertz CT molecular complexity index is 350. The number of ether oxygens (including phenoxy) is 1. The van der Waals surface area contributed by atoms with Crippen molar-refractivity contribution < 1.29 is 9.26 Å². The number of nitrogens with zero attached hydrogens (tertiary/aromatic N) is 3. The summed E-state index contributed by atoms with van der Waals surface area (Å²) in [6.45, 7) is 8.45. The van der Waals surface area contributed by atoms with Crippen LogP contribution in [0.3, 0.4) is 0 Å². The first kappa shape index (κ1) is 13.3. The van der Waals surface area contributed by atoms with Crippen LogP contribution >= 0.6 is 0 Å². The van der Waals surface area contributed by atoms with E-state index in [4.69, 9.17) is 9.26 Å². The van der Waals surface area contributed by atoms with Crippen LogP contribution in [0, 0.1) is 0 Å². The molecule has 1 aliphatic heterocycles. The van der Waals surface area contributed by atoms with Crippen molar-refractivity contribution in [2.24, 2.45) is 0 Å². The third-order valence-corrected chi connectivity index (χ3v) is 2.97. The largest absolute Gasteiger partial charge is 0.378 e. The van der Waals surface area contributed by atoms with Crippen LogP contribution in [-0.2, 0) is 11.2 Å². The van der Waals surface area contributed by atoms with E-state index in [9.17, 15) is 0 Å². The molecule has 2 rings (SSSR count). The number of aromatic nitrogens is 2. The molecule has 1 aromatic heterocycles. The van der Waals surface area contributed by atoms with Crippen LogP contribution in [0.4, 0.5) is 5.95 Å². The van der Waals surface area contributed by atoms with Crippen LogP contribution in [0.25, 0.3) is 0 Å². The Balaban J connectivity index is 1.85. The molecular weight excluding hydrogens is 232 g/mol. The molecule has 6 heteroatoms. The van der Waals surface area contributed by atoms with Gasteiger partial charge in [0.15, 0.2) is 0 Å². The van der Waals surface area contributed by atoms with Crippen molar-refractivity contribution in [3.63, 3.8) is 0 Å². The van der Waals surface area contributed by atoms with E-state index in [0.717, 1.165) is 45.7 Å². The van der Waals surface area contributed by atoms with Gasteiger partial charge in [0.1, 0.15) is 0 Å². The van der Waals surface area contributed by atoms with Gasteiger partial charge in [-0.1, -0.05) is 6.92 Å². The summed E-state index contributed by atoms with van der Waals surface area (Å²) in [6.07, 6.45) is 1.91. The molecule has 1 atom stereocenters. The monoisotopic (exact) mass is 254 g/mol. The average molecular weight is 254 g/mol. The van der Waals surface area contributed by atoms with E-state index >= 15 is 0 Å². The second-order valence-electron chi connectivity index (χ2n) is 4.65. The third-order valence-electron chi connectivity index (χ3n) is 2.97. The maximum atomic E-state index is 5.30. The lowest BCUT2D eigenvalue weighted by atomic mass is 10.2. The summed E-state index contributed by atoms with van der Waals surface area (Å²) in [6, 6.07) is 0.364. The fourth-order valence-electron chi connectivity index (χ4n) is 1.95. The number of morpholine rings is 1. The molecule has 0 aliphatic carbocycles. The van der Waals surface area contributed by atoms with Gasteiger partial charge in [-0.25, -0.2) is 0 Å². The summed E-state index contributed by atoms with van der Waals surface area (Å²) in [5.41, 5.74) is 0. The van der Waals surface area contributed by atoms with E-state index in [1.165, 1.54) is 0 Å². The average Bonchev–Trinajstić information content (AvgIpc) is 2.86. The van der Waals surface area contributed by atoms with E-state index in [1.807, 2.05) is 0 Å². The van der Waals surface area contributed by atoms with Crippen LogP contribution in [-0.4, -0.2) is 49.0 Å². The van der Waals surface area contributed by atoms with Gasteiger partial charge < -0.3 is 19.5 Å². The summed E-state index contributed by atoms with van der Waals surface area (Å²) >= 11 is 0. The Labute approximate surface area is 108 Å². The smallest absolute Gasteiger partial charge is 0.266 e. The molecule has 2 heterocycles. The van der Waals surface area contributed by atoms with E-state index in [1.54, 1.807) is 0 Å². The molecular formula is C12H22N4O2. The second-order valence-corrected chi connectivity index (χ2v) is 4.65. The number of nitrogens with one attached hydrogen (secondary N) is 1. The predicted octanol–water partition coefficient (Wildman–Crippen LogP) is 0.837. The molecule has 0 radical (unpaired) electrons. The second kappa shape index (κ2) is 6.70. The predicted molar refractivity (Wildman–Crippen MR) is 68.8 cm³/mol. The van der Waals surface area contributed by atoms with Gasteiger partial charge in [0.05, 0.1) is 13.2 Å². The van der Waals surface area contributed by atoms with Crippen LogP contribution in [0.1, 0.15) is 26.2 Å². The van der Waals surface area contributed by atoms with Crippen molar-refractivity contribution in [2.75, 3.05) is 37.7 Å². The van der Waals surface area contributed by atoms with E-state index in [2.05, 4.69) is 34.2 Å². The first-order chi connectivity index (χ1) is 8.79. The van der Waals surface area contributed by atoms with Gasteiger partial charge in [-0.3, -0.25) is 0 Å². The SMILES string of the molecule is CCCNC(C)Cc1nc(N2CCOCC2)no1. The molecule has 1 aromatic rings. The van der Waals surface area contributed by atoms with Gasteiger partial charge in [-0.2, -0.15) is 4.98 Å². The van der Waals surface area contributed by atoms with Gasteiger partial charge in [-0.05, 0) is 25.0 Å². The van der Waals surface area contributed by atoms with Gasteiger partial charge in [0, 0.05) is 25.6 Å². The molecule has 1 saturated heterocycles. The molecule has 1 unspecified atom stereocenters. The molecule has 0 bridgehead atoms. The maximum Gasteiger partial charge on any atom is 0.266 e. The first-order valence-electron chi connectivity index (χ1n) is 6.68. The summed E-state index contributed by atoms with van der Waals surface area (Å²) in [4.78, 5) is 6.53. The Morgan fingerprint density at radius 1 is 1.39 bits per heavy atom. The van der Waals surface area contributed by atoms with Crippen molar-refractivity contribution in [1.29, 1.82) is 0 Å². The summed E-state index contributed by atoms with van der Waals surface area (Å²) in [5, 5.41) is 7.44. The van der Waals surface area contributed by atoms with Gasteiger partial charge >= 0.3 is 0 Å². The highest BCUT2D eigenvalue weighted by atomic mass is 16.5. The standard InChI is InChI=1S/C12H22N4O2/c1-3-4-13-10(2)9-11-14-12(15-18-11)16-5-7-17-8-6-16/h10,13H,3-9H2,1-2H3. The van der Waals surface area contributed by atoms with Gasteiger partial charge in [-0.15, -0.1) is 0 Å². The minimum Gasteiger partial charge on any atom is -0.378 e. The molecule has 18 heavy (non-hydrogen) atoms. The van der Waals surface area contributed by atoms with E-state index < -0.39 is 0 Å². The van der Waals surface area contributed by atoms with Crippen LogP contribution in [0.2, 0.25) is 0 Å². The van der Waals surface area contributed by atoms with Crippen molar-refractivity contribution in [1.82, 2.24) is 15.5 Å². The first-order valence-corrected chi connectivity index (χ1v) is 6.68. The zero-order valence-electron chi connectivity index (χ0n) is 11.2. The normalized spacial score (nSPS) is 18.0. The Kier molecular flexibility index (Phi) is 4.95. The molecule has 6 nitrogen and oxygen atoms in total. The lowest BCUT2D eigenvalue weighted by Crippen LogP contribution is -2.36. The molecule has 102 valence electrons. The Morgan fingerprint density at radius 3 is 2.89 bits per heavy atom. The van der Waals surface area contributed by atoms with Crippen LogP contribution in [0.5, 0.6) is 0 Å². The highest BCUT2D eigenvalue weighted by Gasteiger charge is 2.17. The fraction of sp³-hybridized carbons (Fsp3) is 0.833. The Hall–Kier alpha value is -1.14. The van der Waals surface area contributed by atoms with Crippen molar-refractivity contribution >= 4 is 5.95 Å². The molecule has 1 N–H and O–H groups in total. The van der Waals surface area contributed by atoms with Crippen LogP contribution in [0.15, 0.2) is 4.52 Å². The van der Waals surface area contributed by atoms with Crippen molar-refractivity contribution in [2.45, 2.75) is 32.7 Å². The minimum atomic E-state index is 0.364. The van der Waals surface area contributed by atoms with Crippen molar-refractivity contribution in [3.8, 4) is 0 Å². The topological polar surface area (TPSA) is 63.4 Å². The highest BCUT2D eigenvalue weighted by molar-refractivity contribution is 5.28. The lowest BCUT2D eigenvalue weighted by Gasteiger charge is -2.24. The van der Waals surface area contributed by atoms with E-state index in [0.29, 0.717) is 17.9 Å². The lowest BCUT2D eigenvalue weighted by molar-refractivity contribution is 0.121. The zero-order valence-corrected chi connectivity index (χ0v) is 11.2. The number of hydrogen-bond donors (Lipinski definition) is 1. The molecule has 0 aromatic carbocycles. The van der Waals surface area contributed by atoms with Crippen molar-refractivity contribution in [3.05, 3.63) is 5.89 Å². The summed E-state index contributed by atoms with van der Waals surface area (Å²) in [7, 11) is 0. The Morgan fingerprint density at radius 2 is 2.17 bits per heavy atom. The number of hydrogen-bond acceptors (Lipinski definition) is 6. The third kappa shape index (κ3) is 3.68. The summed E-state index contributed by atoms with van der Waals surface area (Å²) in [5.74, 6) is 1.39. The number of anilines is 1. The highest BCUT2D eigenvalue weighted by Crippen LogP contribution is 2.12. The van der Waals surface area contributed by atoms with Gasteiger partial charge in [0.25, 0.3) is 5.95 Å². The minimum absolute atomic E-state index is 0.364. The molecule has 1 aliphatic rings. The maximum absolute atomic E-state index is 5.30. The van der Waals surface area contributed by atoms with Crippen LogP contribution < -0.4 is 10.2 Å². The summed E-state index contributed by atoms with van der Waals surface area (Å²) < 4.78 is 10.6. The molecule has 0 saturated carbocycles. The molecule has 0 amide bonds. The number of rotatable bonds is 6. The van der Waals surface area contributed by atoms with E-state index in [-0.39, 0.29) is 0 Å². The zero-order chi connectivity index (χ0) is 12.8. The molecule has 0 spiro atoms. The quantitative estimate of drug-likeness (QED) is 0.811. The fourth-order valence-corrected chi connectivity index (χ4v) is 1.95. The molecule has 1 fully saturated rings. The van der Waals surface area contributed by atoms with Gasteiger partial charge in [0.2, 0.25) is 5.89 Å².